The molecule has 9 heteroatoms. The Morgan fingerprint density at radius 2 is 1.69 bits per heavy atom. The van der Waals surface area contributed by atoms with Gasteiger partial charge in [-0.1, -0.05) is 30.3 Å². The smallest absolute Gasteiger partial charge is 0.275 e. The molecule has 0 radical (unpaired) electrons. The first-order valence-corrected chi connectivity index (χ1v) is 9.41. The van der Waals surface area contributed by atoms with E-state index in [-0.39, 0.29) is 5.75 Å². The molecule has 0 atom stereocenters. The predicted octanol–water partition coefficient (Wildman–Crippen LogP) is 5.80. The minimum atomic E-state index is -1.20. The molecular formula is C23H16F2N2O5. The van der Waals surface area contributed by atoms with Crippen molar-refractivity contribution in [1.82, 2.24) is 4.98 Å². The van der Waals surface area contributed by atoms with Crippen molar-refractivity contribution in [3.63, 3.8) is 0 Å². The number of nitro groups is 1. The van der Waals surface area contributed by atoms with Crippen LogP contribution in [0.1, 0.15) is 5.56 Å². The van der Waals surface area contributed by atoms with Gasteiger partial charge in [0.25, 0.3) is 5.69 Å². The largest absolute Gasteiger partial charge is 0.493 e. The Hall–Kier alpha value is -4.27. The number of hydrogen-bond acceptors (Lipinski definition) is 6. The van der Waals surface area contributed by atoms with Gasteiger partial charge in [-0.05, 0) is 17.7 Å². The lowest BCUT2D eigenvalue weighted by Gasteiger charge is -2.14. The minimum absolute atomic E-state index is 0.0922. The highest BCUT2D eigenvalue weighted by Crippen LogP contribution is 2.39. The molecule has 0 bridgehead atoms. The standard InChI is InChI=1S/C23H16F2N2O5/c1-30-21-11-16-19(12-22(21)31-13-14-5-3-2-4-6-14)26-8-7-20(16)32-23-17(24)9-15(27(28)29)10-18(23)25/h2-12H,13H2,1H3. The number of pyridine rings is 1. The second-order valence-electron chi connectivity index (χ2n) is 6.70. The number of halogens is 2. The molecule has 0 aliphatic heterocycles. The highest BCUT2D eigenvalue weighted by Gasteiger charge is 2.20. The van der Waals surface area contributed by atoms with Crippen LogP contribution < -0.4 is 14.2 Å². The van der Waals surface area contributed by atoms with E-state index in [1.807, 2.05) is 30.3 Å². The van der Waals surface area contributed by atoms with Crippen LogP contribution in [0.3, 0.4) is 0 Å². The molecule has 0 spiro atoms. The summed E-state index contributed by atoms with van der Waals surface area (Å²) >= 11 is 0. The molecular weight excluding hydrogens is 422 g/mol. The van der Waals surface area contributed by atoms with Gasteiger partial charge in [-0.2, -0.15) is 0 Å². The molecule has 4 aromatic rings. The fraction of sp³-hybridized carbons (Fsp3) is 0.0870. The molecule has 3 aromatic carbocycles. The lowest BCUT2D eigenvalue weighted by Crippen LogP contribution is -1.99. The summed E-state index contributed by atoms with van der Waals surface area (Å²) < 4.78 is 45.3. The third-order valence-corrected chi connectivity index (χ3v) is 4.63. The van der Waals surface area contributed by atoms with Crippen molar-refractivity contribution in [2.75, 3.05) is 7.11 Å². The van der Waals surface area contributed by atoms with E-state index in [4.69, 9.17) is 14.2 Å². The molecule has 0 aliphatic carbocycles. The number of methoxy groups -OCH3 is 1. The second kappa shape index (κ2) is 8.84. The molecule has 0 saturated carbocycles. The number of non-ortho nitro benzene ring substituents is 1. The van der Waals surface area contributed by atoms with Crippen LogP contribution >= 0.6 is 0 Å². The van der Waals surface area contributed by atoms with Crippen molar-refractivity contribution in [2.24, 2.45) is 0 Å². The summed E-state index contributed by atoms with van der Waals surface area (Å²) in [4.78, 5) is 14.2. The molecule has 0 N–H and O–H groups in total. The van der Waals surface area contributed by atoms with E-state index in [2.05, 4.69) is 4.98 Å². The van der Waals surface area contributed by atoms with Crippen LogP contribution in [0.25, 0.3) is 10.9 Å². The minimum Gasteiger partial charge on any atom is -0.493 e. The van der Waals surface area contributed by atoms with Crippen molar-refractivity contribution in [1.29, 1.82) is 0 Å². The Morgan fingerprint density at radius 1 is 0.969 bits per heavy atom. The van der Waals surface area contributed by atoms with E-state index >= 15 is 0 Å². The zero-order valence-corrected chi connectivity index (χ0v) is 16.7. The quantitative estimate of drug-likeness (QED) is 0.268. The molecule has 0 fully saturated rings. The first-order chi connectivity index (χ1) is 15.5. The average Bonchev–Trinajstić information content (AvgIpc) is 2.80. The van der Waals surface area contributed by atoms with Gasteiger partial charge in [0.05, 0.1) is 29.7 Å². The number of rotatable bonds is 7. The Bertz CT molecular complexity index is 1280. The number of aromatic nitrogens is 1. The van der Waals surface area contributed by atoms with E-state index in [1.165, 1.54) is 19.4 Å². The van der Waals surface area contributed by atoms with E-state index in [9.17, 15) is 18.9 Å². The van der Waals surface area contributed by atoms with Gasteiger partial charge in [-0.3, -0.25) is 15.1 Å². The third-order valence-electron chi connectivity index (χ3n) is 4.63. The number of hydrogen-bond donors (Lipinski definition) is 0. The maximum atomic E-state index is 14.3. The Labute approximate surface area is 181 Å². The van der Waals surface area contributed by atoms with Crippen molar-refractivity contribution in [2.45, 2.75) is 6.61 Å². The number of nitro benzene ring substituents is 1. The highest BCUT2D eigenvalue weighted by molar-refractivity contribution is 5.88. The molecule has 0 amide bonds. The number of ether oxygens (including phenoxy) is 3. The first-order valence-electron chi connectivity index (χ1n) is 9.41. The Balaban J connectivity index is 1.69. The predicted molar refractivity (Wildman–Crippen MR) is 112 cm³/mol. The van der Waals surface area contributed by atoms with Crippen molar-refractivity contribution >= 4 is 16.6 Å². The first kappa shape index (κ1) is 21.0. The van der Waals surface area contributed by atoms with Gasteiger partial charge in [-0.25, -0.2) is 8.78 Å². The maximum Gasteiger partial charge on any atom is 0.275 e. The molecule has 0 unspecified atom stereocenters. The highest BCUT2D eigenvalue weighted by atomic mass is 19.1. The van der Waals surface area contributed by atoms with Gasteiger partial charge in [0.1, 0.15) is 12.4 Å². The van der Waals surface area contributed by atoms with Gasteiger partial charge >= 0.3 is 0 Å². The molecule has 0 saturated heterocycles. The zero-order chi connectivity index (χ0) is 22.7. The normalized spacial score (nSPS) is 10.7. The van der Waals surface area contributed by atoms with Crippen LogP contribution in [0.5, 0.6) is 23.0 Å². The van der Waals surface area contributed by atoms with Crippen LogP contribution in [0, 0.1) is 21.7 Å². The lowest BCUT2D eigenvalue weighted by molar-refractivity contribution is -0.385. The van der Waals surface area contributed by atoms with Crippen LogP contribution in [0.4, 0.5) is 14.5 Å². The van der Waals surface area contributed by atoms with Crippen LogP contribution in [-0.4, -0.2) is 17.0 Å². The monoisotopic (exact) mass is 438 g/mol. The summed E-state index contributed by atoms with van der Waals surface area (Å²) in [5.74, 6) is -2.26. The zero-order valence-electron chi connectivity index (χ0n) is 16.7. The second-order valence-corrected chi connectivity index (χ2v) is 6.70. The van der Waals surface area contributed by atoms with E-state index in [0.717, 1.165) is 5.56 Å². The number of nitrogens with zero attached hydrogens (tertiary/aromatic N) is 2. The molecule has 7 nitrogen and oxygen atoms in total. The van der Waals surface area contributed by atoms with Gasteiger partial charge in [0.15, 0.2) is 28.9 Å². The summed E-state index contributed by atoms with van der Waals surface area (Å²) in [7, 11) is 1.46. The average molecular weight is 438 g/mol. The summed E-state index contributed by atoms with van der Waals surface area (Å²) in [6.07, 6.45) is 1.41. The van der Waals surface area contributed by atoms with Crippen LogP contribution in [-0.2, 0) is 6.61 Å². The summed E-state index contributed by atoms with van der Waals surface area (Å²) in [6, 6.07) is 15.4. The van der Waals surface area contributed by atoms with Gasteiger partial charge in [0, 0.05) is 17.6 Å². The molecule has 0 aliphatic rings. The third kappa shape index (κ3) is 4.27. The molecule has 162 valence electrons. The molecule has 1 heterocycles. The number of benzene rings is 3. The fourth-order valence-electron chi connectivity index (χ4n) is 3.08. The summed E-state index contributed by atoms with van der Waals surface area (Å²) in [6.45, 7) is 0.304. The van der Waals surface area contributed by atoms with Crippen molar-refractivity contribution in [3.05, 3.63) is 94.2 Å². The van der Waals surface area contributed by atoms with Gasteiger partial charge in [-0.15, -0.1) is 0 Å². The van der Waals surface area contributed by atoms with Crippen molar-refractivity contribution < 1.29 is 27.9 Å². The summed E-state index contributed by atoms with van der Waals surface area (Å²) in [5, 5.41) is 11.2. The SMILES string of the molecule is COc1cc2c(Oc3c(F)cc([N+](=O)[O-])cc3F)ccnc2cc1OCc1ccccc1. The molecule has 1 aromatic heterocycles. The van der Waals surface area contributed by atoms with Gasteiger partial charge < -0.3 is 14.2 Å². The number of fused-ring (bicyclic) bond motifs is 1. The maximum absolute atomic E-state index is 14.3. The van der Waals surface area contributed by atoms with E-state index < -0.39 is 28.0 Å². The molecule has 4 rings (SSSR count). The summed E-state index contributed by atoms with van der Waals surface area (Å²) in [5.41, 5.74) is 0.687. The topological polar surface area (TPSA) is 83.7 Å². The van der Waals surface area contributed by atoms with E-state index in [0.29, 0.717) is 41.1 Å². The van der Waals surface area contributed by atoms with Gasteiger partial charge in [0.2, 0.25) is 0 Å². The van der Waals surface area contributed by atoms with E-state index in [1.54, 1.807) is 12.1 Å². The van der Waals surface area contributed by atoms with Crippen molar-refractivity contribution in [3.8, 4) is 23.0 Å². The molecule has 32 heavy (non-hydrogen) atoms. The Morgan fingerprint density at radius 3 is 2.34 bits per heavy atom. The van der Waals surface area contributed by atoms with Crippen LogP contribution in [0.2, 0.25) is 0 Å². The lowest BCUT2D eigenvalue weighted by atomic mass is 10.1. The van der Waals surface area contributed by atoms with Crippen LogP contribution in [0.15, 0.2) is 66.9 Å². The fourth-order valence-corrected chi connectivity index (χ4v) is 3.08. The Kier molecular flexibility index (Phi) is 5.80.